The highest BCUT2D eigenvalue weighted by molar-refractivity contribution is 5.92. The topological polar surface area (TPSA) is 36.7 Å². The number of hydrogen-bond donors (Lipinski definition) is 0. The van der Waals surface area contributed by atoms with Gasteiger partial charge in [0.15, 0.2) is 11.5 Å². The van der Waals surface area contributed by atoms with E-state index in [9.17, 15) is 4.79 Å². The molecule has 1 amide bonds. The summed E-state index contributed by atoms with van der Waals surface area (Å²) in [6, 6.07) is 13.6. The molecule has 0 aliphatic carbocycles. The molecule has 4 heteroatoms. The fourth-order valence-electron chi connectivity index (χ4n) is 3.47. The van der Waals surface area contributed by atoms with Crippen LogP contribution in [-0.4, -0.2) is 47.9 Å². The zero-order valence-corrected chi connectivity index (χ0v) is 13.6. The van der Waals surface area contributed by atoms with E-state index in [2.05, 4.69) is 16.7 Å². The lowest BCUT2D eigenvalue weighted by atomic mass is 10.1. The molecule has 0 saturated carbocycles. The summed E-state index contributed by atoms with van der Waals surface area (Å²) in [4.78, 5) is 17.2. The summed E-state index contributed by atoms with van der Waals surface area (Å²) < 4.78 is 5.69. The van der Waals surface area contributed by atoms with Gasteiger partial charge in [0.1, 0.15) is 0 Å². The van der Waals surface area contributed by atoms with E-state index in [1.165, 1.54) is 0 Å². The van der Waals surface area contributed by atoms with Gasteiger partial charge in [-0.25, -0.2) is 0 Å². The van der Waals surface area contributed by atoms with Crippen LogP contribution in [0.3, 0.4) is 0 Å². The van der Waals surface area contributed by atoms with E-state index in [1.54, 1.807) is 12.1 Å². The molecule has 2 bridgehead atoms. The Hall–Kier alpha value is -2.51. The summed E-state index contributed by atoms with van der Waals surface area (Å²) in [6.07, 6.45) is 2.13. The fraction of sp³-hybridized carbons (Fsp3) is 0.350. The highest BCUT2D eigenvalue weighted by Gasteiger charge is 2.33. The number of furan rings is 1. The molecule has 3 saturated heterocycles. The largest absolute Gasteiger partial charge is 0.443 e. The van der Waals surface area contributed by atoms with Crippen molar-refractivity contribution in [3.05, 3.63) is 59.5 Å². The first-order valence-electron chi connectivity index (χ1n) is 8.50. The average molecular weight is 320 g/mol. The van der Waals surface area contributed by atoms with E-state index < -0.39 is 0 Å². The molecule has 3 aliphatic heterocycles. The van der Waals surface area contributed by atoms with Crippen LogP contribution in [0.4, 0.5) is 0 Å². The summed E-state index contributed by atoms with van der Waals surface area (Å²) in [5.74, 6) is 6.97. The van der Waals surface area contributed by atoms with Gasteiger partial charge in [0.2, 0.25) is 0 Å². The van der Waals surface area contributed by atoms with Gasteiger partial charge in [-0.3, -0.25) is 4.79 Å². The van der Waals surface area contributed by atoms with Gasteiger partial charge in [-0.2, -0.15) is 0 Å². The number of hydrogen-bond acceptors (Lipinski definition) is 3. The molecule has 0 unspecified atom stereocenters. The molecule has 0 atom stereocenters. The second-order valence-corrected chi connectivity index (χ2v) is 6.35. The van der Waals surface area contributed by atoms with E-state index in [0.717, 1.165) is 44.6 Å². The third kappa shape index (κ3) is 3.08. The van der Waals surface area contributed by atoms with Crippen molar-refractivity contribution in [3.63, 3.8) is 0 Å². The smallest absolute Gasteiger partial charge is 0.289 e. The summed E-state index contributed by atoms with van der Waals surface area (Å²) in [5.41, 5.74) is 0.931. The zero-order chi connectivity index (χ0) is 16.4. The van der Waals surface area contributed by atoms with Crippen LogP contribution < -0.4 is 0 Å². The number of nitrogens with zero attached hydrogens (tertiary/aromatic N) is 2. The molecule has 0 N–H and O–H groups in total. The maximum atomic E-state index is 12.8. The number of rotatable bonds is 1. The van der Waals surface area contributed by atoms with E-state index in [-0.39, 0.29) is 5.91 Å². The molecule has 0 spiro atoms. The van der Waals surface area contributed by atoms with Crippen LogP contribution in [0, 0.1) is 11.8 Å². The molecule has 24 heavy (non-hydrogen) atoms. The minimum absolute atomic E-state index is 0.00323. The summed E-state index contributed by atoms with van der Waals surface area (Å²) in [7, 11) is 0. The first kappa shape index (κ1) is 15.0. The normalized spacial score (nSPS) is 22.6. The van der Waals surface area contributed by atoms with Crippen LogP contribution in [0.25, 0.3) is 0 Å². The number of carbonyl (C=O) groups excluding carboxylic acids is 1. The predicted molar refractivity (Wildman–Crippen MR) is 91.6 cm³/mol. The van der Waals surface area contributed by atoms with Crippen molar-refractivity contribution in [2.75, 3.05) is 26.2 Å². The van der Waals surface area contributed by atoms with Crippen molar-refractivity contribution < 1.29 is 9.21 Å². The average Bonchev–Trinajstić information content (AvgIpc) is 2.91. The van der Waals surface area contributed by atoms with Crippen molar-refractivity contribution in [2.24, 2.45) is 0 Å². The summed E-state index contributed by atoms with van der Waals surface area (Å²) >= 11 is 0. The van der Waals surface area contributed by atoms with Crippen LogP contribution in [0.15, 0.2) is 46.9 Å². The Morgan fingerprint density at radius 1 is 0.958 bits per heavy atom. The molecular formula is C20H20N2O2. The first-order chi connectivity index (χ1) is 11.8. The number of fused-ring (bicyclic) bond motifs is 4. The molecule has 4 heterocycles. The lowest BCUT2D eigenvalue weighted by Crippen LogP contribution is -2.41. The SMILES string of the molecule is O=C(c1ccc(C#Cc2ccccc2)o1)N1CCN2CCC1CC2. The van der Waals surface area contributed by atoms with Gasteiger partial charge >= 0.3 is 0 Å². The highest BCUT2D eigenvalue weighted by atomic mass is 16.3. The molecule has 0 radical (unpaired) electrons. The van der Waals surface area contributed by atoms with Crippen LogP contribution in [-0.2, 0) is 0 Å². The first-order valence-corrected chi connectivity index (χ1v) is 8.50. The number of amides is 1. The monoisotopic (exact) mass is 320 g/mol. The van der Waals surface area contributed by atoms with Crippen molar-refractivity contribution >= 4 is 5.91 Å². The fourth-order valence-corrected chi connectivity index (χ4v) is 3.47. The van der Waals surface area contributed by atoms with Gasteiger partial charge in [0, 0.05) is 37.8 Å². The van der Waals surface area contributed by atoms with Crippen LogP contribution in [0.5, 0.6) is 0 Å². The zero-order valence-electron chi connectivity index (χ0n) is 13.6. The van der Waals surface area contributed by atoms with Crippen molar-refractivity contribution in [1.82, 2.24) is 9.80 Å². The van der Waals surface area contributed by atoms with Crippen molar-refractivity contribution in [1.29, 1.82) is 0 Å². The van der Waals surface area contributed by atoms with Crippen molar-refractivity contribution in [3.8, 4) is 11.8 Å². The Kier molecular flexibility index (Phi) is 4.10. The third-order valence-electron chi connectivity index (χ3n) is 4.84. The molecule has 4 nitrogen and oxygen atoms in total. The van der Waals surface area contributed by atoms with Gasteiger partial charge in [0.25, 0.3) is 5.91 Å². The molecule has 5 rings (SSSR count). The number of carbonyl (C=O) groups is 1. The van der Waals surface area contributed by atoms with Gasteiger partial charge in [0.05, 0.1) is 0 Å². The van der Waals surface area contributed by atoms with Crippen molar-refractivity contribution in [2.45, 2.75) is 18.9 Å². The Morgan fingerprint density at radius 3 is 2.54 bits per heavy atom. The van der Waals surface area contributed by atoms with E-state index in [0.29, 0.717) is 17.6 Å². The standard InChI is InChI=1S/C20H20N2O2/c23-20(22-15-14-21-12-10-17(22)11-13-21)19-9-8-18(24-19)7-6-16-4-2-1-3-5-16/h1-5,8-9,17H,10-15H2. The van der Waals surface area contributed by atoms with Gasteiger partial charge in [-0.05, 0) is 43.0 Å². The van der Waals surface area contributed by atoms with Gasteiger partial charge in [-0.15, -0.1) is 0 Å². The van der Waals surface area contributed by atoms with E-state index in [1.807, 2.05) is 35.2 Å². The molecule has 122 valence electrons. The Labute approximate surface area is 142 Å². The van der Waals surface area contributed by atoms with Crippen LogP contribution in [0.2, 0.25) is 0 Å². The predicted octanol–water partition coefficient (Wildman–Crippen LogP) is 2.60. The number of piperidine rings is 1. The highest BCUT2D eigenvalue weighted by Crippen LogP contribution is 2.23. The Bertz CT molecular complexity index is 777. The lowest BCUT2D eigenvalue weighted by molar-refractivity contribution is 0.0652. The molecule has 1 aromatic carbocycles. The van der Waals surface area contributed by atoms with E-state index in [4.69, 9.17) is 4.42 Å². The second-order valence-electron chi connectivity index (χ2n) is 6.35. The summed E-state index contributed by atoms with van der Waals surface area (Å²) in [5, 5.41) is 0. The van der Waals surface area contributed by atoms with E-state index >= 15 is 0 Å². The molecule has 3 fully saturated rings. The minimum Gasteiger partial charge on any atom is -0.443 e. The molecule has 1 aromatic heterocycles. The molecular weight excluding hydrogens is 300 g/mol. The minimum atomic E-state index is -0.00323. The third-order valence-corrected chi connectivity index (χ3v) is 4.84. The maximum Gasteiger partial charge on any atom is 0.289 e. The number of benzene rings is 1. The lowest BCUT2D eigenvalue weighted by Gasteiger charge is -2.30. The summed E-state index contributed by atoms with van der Waals surface area (Å²) in [6.45, 7) is 3.94. The van der Waals surface area contributed by atoms with Crippen LogP contribution in [0.1, 0.15) is 34.7 Å². The van der Waals surface area contributed by atoms with Gasteiger partial charge < -0.3 is 14.2 Å². The van der Waals surface area contributed by atoms with Gasteiger partial charge in [-0.1, -0.05) is 24.1 Å². The Balaban J connectivity index is 1.50. The van der Waals surface area contributed by atoms with Crippen LogP contribution >= 0.6 is 0 Å². The molecule has 2 aromatic rings. The maximum absolute atomic E-state index is 12.8. The Morgan fingerprint density at radius 2 is 1.75 bits per heavy atom. The molecule has 3 aliphatic rings. The quantitative estimate of drug-likeness (QED) is 0.758. The second kappa shape index (κ2) is 6.54.